The van der Waals surface area contributed by atoms with E-state index in [0.717, 1.165) is 0 Å². The molecule has 2 heterocycles. The Morgan fingerprint density at radius 1 is 1.27 bits per heavy atom. The quantitative estimate of drug-likeness (QED) is 0.813. The van der Waals surface area contributed by atoms with Crippen molar-refractivity contribution in [2.45, 2.75) is 37.8 Å². The third kappa shape index (κ3) is 1.41. The molecular formula is C15H14F3N3O. The van der Waals surface area contributed by atoms with Crippen molar-refractivity contribution in [3.05, 3.63) is 34.1 Å². The molecule has 0 atom stereocenters. The van der Waals surface area contributed by atoms with Crippen LogP contribution in [0.15, 0.2) is 17.1 Å². The van der Waals surface area contributed by atoms with Gasteiger partial charge in [-0.2, -0.15) is 13.2 Å². The molecule has 0 amide bonds. The Morgan fingerprint density at radius 2 is 1.91 bits per heavy atom. The van der Waals surface area contributed by atoms with Gasteiger partial charge in [-0.25, -0.2) is 4.98 Å². The van der Waals surface area contributed by atoms with Gasteiger partial charge in [0.15, 0.2) is 0 Å². The summed E-state index contributed by atoms with van der Waals surface area (Å²) >= 11 is 0. The van der Waals surface area contributed by atoms with Crippen molar-refractivity contribution in [1.29, 1.82) is 0 Å². The van der Waals surface area contributed by atoms with E-state index < -0.39 is 17.0 Å². The highest BCUT2D eigenvalue weighted by atomic mass is 19.4. The molecule has 0 radical (unpaired) electrons. The van der Waals surface area contributed by atoms with E-state index in [1.807, 2.05) is 0 Å². The standard InChI is InChI=1S/C15H14F3N3O/c1-8-20-9-3-4-19-11(10(9)12(22)21(8)2)13-5-14(6-13,7-13)15(16,17)18/h3-4H,5-7H2,1-2H3. The number of nitrogens with zero attached hydrogens (tertiary/aromatic N) is 3. The van der Waals surface area contributed by atoms with Crippen LogP contribution in [0.3, 0.4) is 0 Å². The first-order valence-electron chi connectivity index (χ1n) is 7.09. The lowest BCUT2D eigenvalue weighted by Crippen LogP contribution is -2.70. The van der Waals surface area contributed by atoms with Gasteiger partial charge in [0, 0.05) is 18.7 Å². The normalized spacial score (nSPS) is 30.0. The molecule has 7 heteroatoms. The molecule has 0 aromatic carbocycles. The van der Waals surface area contributed by atoms with E-state index in [4.69, 9.17) is 0 Å². The summed E-state index contributed by atoms with van der Waals surface area (Å²) in [6, 6.07) is 1.64. The second kappa shape index (κ2) is 3.70. The number of alkyl halides is 3. The molecule has 116 valence electrons. The van der Waals surface area contributed by atoms with Crippen molar-refractivity contribution < 1.29 is 13.2 Å². The fourth-order valence-electron chi connectivity index (χ4n) is 4.06. The molecular weight excluding hydrogens is 295 g/mol. The van der Waals surface area contributed by atoms with Crippen molar-refractivity contribution in [1.82, 2.24) is 14.5 Å². The molecule has 22 heavy (non-hydrogen) atoms. The highest BCUT2D eigenvalue weighted by molar-refractivity contribution is 5.81. The third-order valence-corrected chi connectivity index (χ3v) is 5.35. The fourth-order valence-corrected chi connectivity index (χ4v) is 4.06. The number of rotatable bonds is 1. The summed E-state index contributed by atoms with van der Waals surface area (Å²) in [6.07, 6.45) is -2.53. The van der Waals surface area contributed by atoms with Crippen LogP contribution < -0.4 is 5.56 Å². The molecule has 4 nitrogen and oxygen atoms in total. The second-order valence-corrected chi connectivity index (χ2v) is 6.67. The first-order valence-corrected chi connectivity index (χ1v) is 7.09. The van der Waals surface area contributed by atoms with E-state index in [9.17, 15) is 18.0 Å². The van der Waals surface area contributed by atoms with Crippen LogP contribution in [-0.4, -0.2) is 20.7 Å². The van der Waals surface area contributed by atoms with Gasteiger partial charge in [-0.05, 0) is 32.3 Å². The van der Waals surface area contributed by atoms with Crippen LogP contribution in [0.1, 0.15) is 30.8 Å². The summed E-state index contributed by atoms with van der Waals surface area (Å²) in [4.78, 5) is 21.1. The highest BCUT2D eigenvalue weighted by Crippen LogP contribution is 2.78. The molecule has 2 aromatic rings. The Kier molecular flexibility index (Phi) is 2.31. The number of pyridine rings is 1. The van der Waals surface area contributed by atoms with Crippen molar-refractivity contribution >= 4 is 10.9 Å². The summed E-state index contributed by atoms with van der Waals surface area (Å²) in [5, 5.41) is 0.367. The lowest BCUT2D eigenvalue weighted by atomic mass is 9.33. The molecule has 0 aliphatic heterocycles. The van der Waals surface area contributed by atoms with Crippen LogP contribution in [0.25, 0.3) is 10.9 Å². The van der Waals surface area contributed by atoms with Crippen LogP contribution in [0.4, 0.5) is 13.2 Å². The van der Waals surface area contributed by atoms with Gasteiger partial charge < -0.3 is 0 Å². The molecule has 0 unspecified atom stereocenters. The predicted molar refractivity (Wildman–Crippen MR) is 73.5 cm³/mol. The summed E-state index contributed by atoms with van der Waals surface area (Å²) < 4.78 is 40.5. The Bertz CT molecular complexity index is 849. The summed E-state index contributed by atoms with van der Waals surface area (Å²) in [7, 11) is 1.61. The van der Waals surface area contributed by atoms with Crippen molar-refractivity contribution in [3.8, 4) is 0 Å². The van der Waals surface area contributed by atoms with Crippen LogP contribution >= 0.6 is 0 Å². The maximum atomic E-state index is 13.0. The molecule has 5 rings (SSSR count). The number of aryl methyl sites for hydroxylation is 1. The van der Waals surface area contributed by atoms with Crippen LogP contribution in [0.5, 0.6) is 0 Å². The lowest BCUT2D eigenvalue weighted by molar-refractivity contribution is -0.337. The van der Waals surface area contributed by atoms with Gasteiger partial charge in [0.05, 0.1) is 22.0 Å². The fraction of sp³-hybridized carbons (Fsp3) is 0.533. The van der Waals surface area contributed by atoms with Gasteiger partial charge >= 0.3 is 6.18 Å². The summed E-state index contributed by atoms with van der Waals surface area (Å²) in [5.74, 6) is 0.569. The van der Waals surface area contributed by atoms with Gasteiger partial charge in [0.25, 0.3) is 5.56 Å². The number of fused-ring (bicyclic) bond motifs is 1. The molecule has 0 spiro atoms. The Balaban J connectivity index is 1.87. The van der Waals surface area contributed by atoms with E-state index in [-0.39, 0.29) is 24.8 Å². The zero-order valence-electron chi connectivity index (χ0n) is 12.2. The maximum absolute atomic E-state index is 13.0. The molecule has 3 fully saturated rings. The highest BCUT2D eigenvalue weighted by Gasteiger charge is 2.79. The molecule has 2 bridgehead atoms. The predicted octanol–water partition coefficient (Wildman–Crippen LogP) is 2.62. The van der Waals surface area contributed by atoms with Crippen molar-refractivity contribution in [2.75, 3.05) is 0 Å². The van der Waals surface area contributed by atoms with E-state index in [2.05, 4.69) is 9.97 Å². The van der Waals surface area contributed by atoms with Crippen LogP contribution in [0.2, 0.25) is 0 Å². The van der Waals surface area contributed by atoms with Gasteiger partial charge in [-0.1, -0.05) is 0 Å². The number of hydrogen-bond donors (Lipinski definition) is 0. The number of halogens is 3. The average molecular weight is 309 g/mol. The minimum Gasteiger partial charge on any atom is -0.299 e. The maximum Gasteiger partial charge on any atom is 0.394 e. The largest absolute Gasteiger partial charge is 0.394 e. The Morgan fingerprint density at radius 3 is 2.50 bits per heavy atom. The molecule has 0 saturated heterocycles. The minimum atomic E-state index is -4.17. The van der Waals surface area contributed by atoms with Gasteiger partial charge in [-0.15, -0.1) is 0 Å². The first kappa shape index (κ1) is 13.7. The van der Waals surface area contributed by atoms with Crippen molar-refractivity contribution in [2.24, 2.45) is 12.5 Å². The molecule has 3 aliphatic rings. The third-order valence-electron chi connectivity index (χ3n) is 5.35. The zero-order valence-corrected chi connectivity index (χ0v) is 12.2. The molecule has 3 aliphatic carbocycles. The van der Waals surface area contributed by atoms with E-state index in [1.165, 1.54) is 10.8 Å². The SMILES string of the molecule is Cc1nc2ccnc(C34CC(C(F)(F)F)(C3)C4)c2c(=O)n1C. The van der Waals surface area contributed by atoms with E-state index in [0.29, 0.717) is 22.4 Å². The topological polar surface area (TPSA) is 47.8 Å². The summed E-state index contributed by atoms with van der Waals surface area (Å²) in [5.41, 5.74) is -1.39. The lowest BCUT2D eigenvalue weighted by Gasteiger charge is -2.70. The molecule has 0 N–H and O–H groups in total. The monoisotopic (exact) mass is 309 g/mol. The van der Waals surface area contributed by atoms with E-state index >= 15 is 0 Å². The molecule has 3 saturated carbocycles. The van der Waals surface area contributed by atoms with Crippen molar-refractivity contribution in [3.63, 3.8) is 0 Å². The van der Waals surface area contributed by atoms with Crippen LogP contribution in [0, 0.1) is 12.3 Å². The summed E-state index contributed by atoms with van der Waals surface area (Å²) in [6.45, 7) is 1.72. The van der Waals surface area contributed by atoms with Gasteiger partial charge in [0.2, 0.25) is 0 Å². The Labute approximate surface area is 124 Å². The molecule has 2 aromatic heterocycles. The Hall–Kier alpha value is -1.92. The zero-order chi connectivity index (χ0) is 15.9. The van der Waals surface area contributed by atoms with Gasteiger partial charge in [-0.3, -0.25) is 14.3 Å². The second-order valence-electron chi connectivity index (χ2n) is 6.67. The first-order chi connectivity index (χ1) is 10.2. The average Bonchev–Trinajstić information content (AvgIpc) is 2.31. The number of hydrogen-bond acceptors (Lipinski definition) is 3. The van der Waals surface area contributed by atoms with Crippen LogP contribution in [-0.2, 0) is 12.5 Å². The van der Waals surface area contributed by atoms with Gasteiger partial charge in [0.1, 0.15) is 5.82 Å². The smallest absolute Gasteiger partial charge is 0.299 e. The number of aromatic nitrogens is 3. The van der Waals surface area contributed by atoms with E-state index in [1.54, 1.807) is 20.0 Å². The minimum absolute atomic E-state index is 0.0344.